The van der Waals surface area contributed by atoms with Gasteiger partial charge in [-0.25, -0.2) is 0 Å². The van der Waals surface area contributed by atoms with E-state index in [1.54, 1.807) is 24.3 Å². The molecule has 0 spiro atoms. The van der Waals surface area contributed by atoms with Crippen LogP contribution < -0.4 is 31.2 Å². The lowest BCUT2D eigenvalue weighted by Crippen LogP contribution is -2.48. The van der Waals surface area contributed by atoms with Gasteiger partial charge >= 0.3 is 12.2 Å². The normalized spacial score (nSPS) is 14.0. The molecular formula is C27H31BrF3N7O4. The van der Waals surface area contributed by atoms with Crippen LogP contribution in [-0.4, -0.2) is 71.9 Å². The summed E-state index contributed by atoms with van der Waals surface area (Å²) in [5.74, 6) is 0.416. The number of nitrogens with zero attached hydrogens (tertiary/aromatic N) is 3. The van der Waals surface area contributed by atoms with Crippen molar-refractivity contribution in [1.82, 2.24) is 20.3 Å². The van der Waals surface area contributed by atoms with Crippen molar-refractivity contribution in [2.75, 3.05) is 55.5 Å². The summed E-state index contributed by atoms with van der Waals surface area (Å²) >= 11 is 3.51. The first-order valence-electron chi connectivity index (χ1n) is 13.1. The molecule has 0 unspecified atom stereocenters. The number of alkyl halides is 4. The van der Waals surface area contributed by atoms with Gasteiger partial charge in [0.2, 0.25) is 11.9 Å². The van der Waals surface area contributed by atoms with Gasteiger partial charge in [0.25, 0.3) is 5.91 Å². The van der Waals surface area contributed by atoms with Crippen LogP contribution in [0.5, 0.6) is 11.8 Å². The van der Waals surface area contributed by atoms with Crippen molar-refractivity contribution in [3.63, 3.8) is 0 Å². The Balaban J connectivity index is 1.40. The Labute approximate surface area is 248 Å². The van der Waals surface area contributed by atoms with E-state index in [-0.39, 0.29) is 29.8 Å². The molecule has 0 bridgehead atoms. The zero-order valence-corrected chi connectivity index (χ0v) is 24.1. The fourth-order valence-corrected chi connectivity index (χ4v) is 4.14. The molecule has 226 valence electrons. The van der Waals surface area contributed by atoms with Gasteiger partial charge in [0.15, 0.2) is 6.61 Å². The van der Waals surface area contributed by atoms with Crippen molar-refractivity contribution in [3.8, 4) is 11.8 Å². The number of rotatable bonds is 15. The highest BCUT2D eigenvalue weighted by molar-refractivity contribution is 9.09. The van der Waals surface area contributed by atoms with Crippen molar-refractivity contribution < 1.29 is 32.2 Å². The molecular weight excluding hydrogens is 623 g/mol. The predicted octanol–water partition coefficient (Wildman–Crippen LogP) is 4.04. The maximum atomic E-state index is 12.8. The lowest BCUT2D eigenvalue weighted by Gasteiger charge is -2.39. The molecule has 4 rings (SSSR count). The van der Waals surface area contributed by atoms with Crippen molar-refractivity contribution >= 4 is 39.4 Å². The molecule has 5 N–H and O–H groups in total. The number of halogens is 4. The lowest BCUT2D eigenvalue weighted by atomic mass is 9.90. The van der Waals surface area contributed by atoms with Gasteiger partial charge in [-0.05, 0) is 54.9 Å². The summed E-state index contributed by atoms with van der Waals surface area (Å²) < 4.78 is 54.3. The summed E-state index contributed by atoms with van der Waals surface area (Å²) in [6, 6.07) is 13.3. The molecule has 0 saturated carbocycles. The molecule has 2 aromatic carbocycles. The molecule has 3 aromatic rings. The first-order chi connectivity index (χ1) is 20.2. The third kappa shape index (κ3) is 9.42. The average molecular weight is 654 g/mol. The highest BCUT2D eigenvalue weighted by atomic mass is 79.9. The molecule has 1 aliphatic rings. The van der Waals surface area contributed by atoms with E-state index in [0.29, 0.717) is 56.3 Å². The molecule has 15 heteroatoms. The van der Waals surface area contributed by atoms with Gasteiger partial charge in [0, 0.05) is 29.7 Å². The quantitative estimate of drug-likeness (QED) is 0.140. The minimum Gasteiger partial charge on any atom is -0.493 e. The largest absolute Gasteiger partial charge is 0.493 e. The Morgan fingerprint density at radius 2 is 1.74 bits per heavy atom. The van der Waals surface area contributed by atoms with E-state index in [1.165, 1.54) is 0 Å². The Hall–Kier alpha value is -3.69. The molecule has 42 heavy (non-hydrogen) atoms. The van der Waals surface area contributed by atoms with Gasteiger partial charge in [0.1, 0.15) is 5.75 Å². The molecule has 1 amide bonds. The molecule has 2 heterocycles. The Bertz CT molecular complexity index is 1310. The summed E-state index contributed by atoms with van der Waals surface area (Å²) in [6.45, 7) is 1.47. The van der Waals surface area contributed by atoms with Crippen LogP contribution in [0.4, 0.5) is 30.8 Å². The number of ether oxygens (including phenoxy) is 3. The number of hydrogen-bond donors (Lipinski definition) is 4. The minimum atomic E-state index is -4.57. The molecule has 0 aliphatic carbocycles. The lowest BCUT2D eigenvalue weighted by molar-refractivity contribution is -0.154. The van der Waals surface area contributed by atoms with E-state index >= 15 is 0 Å². The van der Waals surface area contributed by atoms with Crippen LogP contribution in [0.2, 0.25) is 0 Å². The summed E-state index contributed by atoms with van der Waals surface area (Å²) in [5, 5.41) is 9.44. The van der Waals surface area contributed by atoms with Crippen molar-refractivity contribution in [1.29, 1.82) is 0 Å². The van der Waals surface area contributed by atoms with Gasteiger partial charge in [0.05, 0.1) is 25.2 Å². The topological polar surface area (TPSA) is 146 Å². The summed E-state index contributed by atoms with van der Waals surface area (Å²) in [4.78, 5) is 24.4. The van der Waals surface area contributed by atoms with Gasteiger partial charge in [-0.3, -0.25) is 4.79 Å². The maximum absolute atomic E-state index is 12.8. The van der Waals surface area contributed by atoms with Crippen LogP contribution in [0, 0.1) is 5.41 Å². The molecule has 0 atom stereocenters. The van der Waals surface area contributed by atoms with E-state index in [9.17, 15) is 18.0 Å². The Kier molecular flexibility index (Phi) is 10.8. The number of carbonyl (C=O) groups excluding carboxylic acids is 1. The molecule has 11 nitrogen and oxygen atoms in total. The second kappa shape index (κ2) is 14.5. The molecule has 1 aromatic heterocycles. The number of amides is 1. The van der Waals surface area contributed by atoms with E-state index < -0.39 is 18.8 Å². The highest BCUT2D eigenvalue weighted by Gasteiger charge is 2.38. The minimum absolute atomic E-state index is 0.00477. The zero-order chi connectivity index (χ0) is 30.0. The standard InChI is InChI=1S/C27H31BrF3N7O4/c28-13-26(14-40-15-26)16-41-21-8-2-18(3-9-21)12-34-23-36-24(38-25(37-23)42-17-27(29,30)31)35-20-6-4-19(5-7-20)22(39)33-11-1-10-32/h2-9H,1,10-17,32H2,(H,33,39)(H2,34,35,36,37,38). The van der Waals surface area contributed by atoms with E-state index in [0.717, 1.165) is 10.9 Å². The molecule has 1 fully saturated rings. The van der Waals surface area contributed by atoms with Crippen LogP contribution in [0.3, 0.4) is 0 Å². The number of benzene rings is 2. The van der Waals surface area contributed by atoms with Crippen molar-refractivity contribution in [3.05, 3.63) is 59.7 Å². The zero-order valence-electron chi connectivity index (χ0n) is 22.5. The van der Waals surface area contributed by atoms with Crippen LogP contribution in [-0.2, 0) is 11.3 Å². The number of anilines is 3. The van der Waals surface area contributed by atoms with Gasteiger partial charge in [-0.1, -0.05) is 28.1 Å². The smallest absolute Gasteiger partial charge is 0.422 e. The fourth-order valence-electron chi connectivity index (χ4n) is 3.65. The number of nitrogens with two attached hydrogens (primary N) is 1. The molecule has 1 aliphatic heterocycles. The van der Waals surface area contributed by atoms with Crippen LogP contribution in [0.15, 0.2) is 48.5 Å². The van der Waals surface area contributed by atoms with E-state index in [1.807, 2.05) is 24.3 Å². The highest BCUT2D eigenvalue weighted by Crippen LogP contribution is 2.30. The first kappa shape index (κ1) is 31.3. The fraction of sp³-hybridized carbons (Fsp3) is 0.407. The second-order valence-corrected chi connectivity index (χ2v) is 10.2. The third-order valence-electron chi connectivity index (χ3n) is 6.07. The molecule has 0 radical (unpaired) electrons. The third-order valence-corrected chi connectivity index (χ3v) is 7.26. The van der Waals surface area contributed by atoms with Crippen LogP contribution in [0.25, 0.3) is 0 Å². The van der Waals surface area contributed by atoms with E-state index in [2.05, 4.69) is 46.8 Å². The number of hydrogen-bond acceptors (Lipinski definition) is 10. The average Bonchev–Trinajstić information content (AvgIpc) is 2.95. The van der Waals surface area contributed by atoms with Gasteiger partial charge in [-0.15, -0.1) is 0 Å². The summed E-state index contributed by atoms with van der Waals surface area (Å²) in [7, 11) is 0. The Morgan fingerprint density at radius 3 is 2.36 bits per heavy atom. The summed E-state index contributed by atoms with van der Waals surface area (Å²) in [5.41, 5.74) is 7.21. The summed E-state index contributed by atoms with van der Waals surface area (Å²) in [6.07, 6.45) is -3.91. The van der Waals surface area contributed by atoms with Crippen LogP contribution >= 0.6 is 15.9 Å². The van der Waals surface area contributed by atoms with Gasteiger partial charge in [-0.2, -0.15) is 28.1 Å². The van der Waals surface area contributed by atoms with Crippen molar-refractivity contribution in [2.45, 2.75) is 19.1 Å². The predicted molar refractivity (Wildman–Crippen MR) is 153 cm³/mol. The number of carbonyl (C=O) groups is 1. The van der Waals surface area contributed by atoms with Crippen molar-refractivity contribution in [2.24, 2.45) is 11.1 Å². The second-order valence-electron chi connectivity index (χ2n) is 9.68. The van der Waals surface area contributed by atoms with Crippen LogP contribution in [0.1, 0.15) is 22.3 Å². The maximum Gasteiger partial charge on any atom is 0.422 e. The first-order valence-corrected chi connectivity index (χ1v) is 14.2. The number of aromatic nitrogens is 3. The number of nitrogens with one attached hydrogen (secondary N) is 3. The monoisotopic (exact) mass is 653 g/mol. The van der Waals surface area contributed by atoms with Gasteiger partial charge < -0.3 is 35.9 Å². The Morgan fingerprint density at radius 1 is 1.02 bits per heavy atom. The molecule has 1 saturated heterocycles. The SMILES string of the molecule is NCCCNC(=O)c1ccc(Nc2nc(NCc3ccc(OCC4(CBr)COC4)cc3)nc(OCC(F)(F)F)n2)cc1. The van der Waals surface area contributed by atoms with E-state index in [4.69, 9.17) is 19.9 Å².